The Morgan fingerprint density at radius 1 is 1.26 bits per heavy atom. The van der Waals surface area contributed by atoms with Crippen LogP contribution >= 0.6 is 0 Å². The van der Waals surface area contributed by atoms with Crippen LogP contribution in [0.4, 0.5) is 5.69 Å². The van der Waals surface area contributed by atoms with E-state index in [2.05, 4.69) is 5.32 Å². The van der Waals surface area contributed by atoms with Gasteiger partial charge in [0.2, 0.25) is 0 Å². The van der Waals surface area contributed by atoms with E-state index in [1.165, 1.54) is 12.1 Å². The summed E-state index contributed by atoms with van der Waals surface area (Å²) in [6.45, 7) is 7.82. The number of benzene rings is 1. The minimum atomic E-state index is -0.630. The highest BCUT2D eigenvalue weighted by Crippen LogP contribution is 2.47. The van der Waals surface area contributed by atoms with E-state index in [1.54, 1.807) is 17.0 Å². The Morgan fingerprint density at radius 3 is 2.65 bits per heavy atom. The number of allylic oxidation sites excluding steroid dienone is 3. The van der Waals surface area contributed by atoms with E-state index in [-0.39, 0.29) is 22.8 Å². The summed E-state index contributed by atoms with van der Waals surface area (Å²) < 4.78 is 5.38. The minimum absolute atomic E-state index is 0.0185. The van der Waals surface area contributed by atoms with Gasteiger partial charge in [0.05, 0.1) is 18.1 Å². The Balaban J connectivity index is 1.86. The minimum Gasteiger partial charge on any atom is -0.378 e. The number of nitro benzene ring substituents is 1. The molecule has 1 aromatic carbocycles. The predicted octanol–water partition coefficient (Wildman–Crippen LogP) is 3.06. The van der Waals surface area contributed by atoms with Gasteiger partial charge < -0.3 is 15.0 Å². The largest absolute Gasteiger partial charge is 0.378 e. The van der Waals surface area contributed by atoms with Crippen LogP contribution in [0.1, 0.15) is 45.1 Å². The molecular weight excluding hydrogens is 398 g/mol. The standard InChI is InChI=1S/C23H27N3O5/c1-14-19(22(28)25-7-9-31-10-8-25)20(15-5-4-6-16(11-15)26(29)30)21-17(24-14)12-23(2,3)13-18(21)27/h4-6,11,20,24H,7-10,12-13H2,1-3H3/t20-/m0/s1. The Kier molecular flexibility index (Phi) is 5.43. The lowest BCUT2D eigenvalue weighted by atomic mass is 9.68. The fourth-order valence-electron chi connectivity index (χ4n) is 4.81. The molecule has 1 aromatic rings. The van der Waals surface area contributed by atoms with E-state index < -0.39 is 10.8 Å². The predicted molar refractivity (Wildman–Crippen MR) is 114 cm³/mol. The number of ether oxygens (including phenoxy) is 1. The first kappa shape index (κ1) is 21.2. The number of amides is 1. The van der Waals surface area contributed by atoms with Crippen LogP contribution in [0.3, 0.4) is 0 Å². The lowest BCUT2D eigenvalue weighted by molar-refractivity contribution is -0.384. The molecule has 4 rings (SSSR count). The van der Waals surface area contributed by atoms with Crippen LogP contribution < -0.4 is 5.32 Å². The van der Waals surface area contributed by atoms with Gasteiger partial charge in [0.15, 0.2) is 5.78 Å². The summed E-state index contributed by atoms with van der Waals surface area (Å²) >= 11 is 0. The zero-order valence-electron chi connectivity index (χ0n) is 18.1. The average Bonchev–Trinajstić information content (AvgIpc) is 2.72. The first-order valence-electron chi connectivity index (χ1n) is 10.5. The summed E-state index contributed by atoms with van der Waals surface area (Å²) in [5, 5.41) is 14.7. The van der Waals surface area contributed by atoms with Crippen molar-refractivity contribution in [2.45, 2.75) is 39.5 Å². The van der Waals surface area contributed by atoms with Gasteiger partial charge in [-0.05, 0) is 24.3 Å². The van der Waals surface area contributed by atoms with Crippen molar-refractivity contribution in [2.75, 3.05) is 26.3 Å². The molecule has 2 aliphatic heterocycles. The number of hydrogen-bond donors (Lipinski definition) is 1. The van der Waals surface area contributed by atoms with Crippen molar-refractivity contribution < 1.29 is 19.2 Å². The molecule has 0 aromatic heterocycles. The number of rotatable bonds is 3. The second-order valence-electron chi connectivity index (χ2n) is 9.19. The fraction of sp³-hybridized carbons (Fsp3) is 0.478. The number of morpholine rings is 1. The van der Waals surface area contributed by atoms with E-state index in [4.69, 9.17) is 4.74 Å². The van der Waals surface area contributed by atoms with Gasteiger partial charge in [-0.2, -0.15) is 0 Å². The highest BCUT2D eigenvalue weighted by molar-refractivity contribution is 6.05. The van der Waals surface area contributed by atoms with Gasteiger partial charge in [-0.3, -0.25) is 19.7 Å². The van der Waals surface area contributed by atoms with Crippen molar-refractivity contribution in [3.8, 4) is 0 Å². The fourth-order valence-corrected chi connectivity index (χ4v) is 4.81. The van der Waals surface area contributed by atoms with Crippen LogP contribution in [-0.2, 0) is 14.3 Å². The molecule has 1 N–H and O–H groups in total. The van der Waals surface area contributed by atoms with Gasteiger partial charge in [-0.15, -0.1) is 0 Å². The molecule has 1 amide bonds. The molecule has 1 saturated heterocycles. The number of ketones is 1. The Hall–Kier alpha value is -3.00. The first-order chi connectivity index (χ1) is 14.7. The third kappa shape index (κ3) is 3.99. The van der Waals surface area contributed by atoms with Gasteiger partial charge in [-0.25, -0.2) is 0 Å². The van der Waals surface area contributed by atoms with E-state index in [0.29, 0.717) is 61.6 Å². The molecule has 0 saturated carbocycles. The molecule has 31 heavy (non-hydrogen) atoms. The van der Waals surface area contributed by atoms with Crippen molar-refractivity contribution in [2.24, 2.45) is 5.41 Å². The third-order valence-electron chi connectivity index (χ3n) is 6.18. The van der Waals surface area contributed by atoms with Crippen molar-refractivity contribution in [1.82, 2.24) is 10.2 Å². The first-order valence-corrected chi connectivity index (χ1v) is 10.5. The van der Waals surface area contributed by atoms with Crippen LogP contribution in [0.2, 0.25) is 0 Å². The molecule has 1 atom stereocenters. The van der Waals surface area contributed by atoms with Gasteiger partial charge in [0, 0.05) is 60.1 Å². The summed E-state index contributed by atoms with van der Waals surface area (Å²) in [5.74, 6) is -0.806. The summed E-state index contributed by atoms with van der Waals surface area (Å²) in [7, 11) is 0. The van der Waals surface area contributed by atoms with Crippen molar-refractivity contribution in [3.63, 3.8) is 0 Å². The molecule has 3 aliphatic rings. The number of nitro groups is 1. The van der Waals surface area contributed by atoms with Crippen molar-refractivity contribution in [3.05, 3.63) is 62.5 Å². The van der Waals surface area contributed by atoms with Crippen LogP contribution in [0.15, 0.2) is 46.8 Å². The molecule has 0 spiro atoms. The molecule has 8 heteroatoms. The maximum absolute atomic E-state index is 13.6. The van der Waals surface area contributed by atoms with Gasteiger partial charge in [0.25, 0.3) is 11.6 Å². The van der Waals surface area contributed by atoms with Crippen LogP contribution in [0.25, 0.3) is 0 Å². The smallest absolute Gasteiger partial charge is 0.269 e. The maximum atomic E-state index is 13.6. The van der Waals surface area contributed by atoms with Gasteiger partial charge in [0.1, 0.15) is 0 Å². The van der Waals surface area contributed by atoms with Crippen molar-refractivity contribution in [1.29, 1.82) is 0 Å². The number of nitrogens with one attached hydrogen (secondary N) is 1. The number of Topliss-reactive ketones (excluding diaryl/α,β-unsaturated/α-hetero) is 1. The van der Waals surface area contributed by atoms with Crippen LogP contribution in [0, 0.1) is 15.5 Å². The number of carbonyl (C=O) groups is 2. The Bertz CT molecular complexity index is 1020. The molecule has 2 heterocycles. The molecule has 8 nitrogen and oxygen atoms in total. The molecular formula is C23H27N3O5. The number of dihydropyridines is 1. The highest BCUT2D eigenvalue weighted by atomic mass is 16.6. The second-order valence-corrected chi connectivity index (χ2v) is 9.19. The normalized spacial score (nSPS) is 23.4. The second kappa shape index (κ2) is 7.92. The lowest BCUT2D eigenvalue weighted by Crippen LogP contribution is -2.45. The number of carbonyl (C=O) groups excluding carboxylic acids is 2. The summed E-state index contributed by atoms with van der Waals surface area (Å²) in [4.78, 5) is 39.6. The summed E-state index contributed by atoms with van der Waals surface area (Å²) in [6.07, 6.45) is 1.05. The van der Waals surface area contributed by atoms with Crippen molar-refractivity contribution >= 4 is 17.4 Å². The van der Waals surface area contributed by atoms with Crippen LogP contribution in [0.5, 0.6) is 0 Å². The van der Waals surface area contributed by atoms with Crippen LogP contribution in [-0.4, -0.2) is 47.8 Å². The SMILES string of the molecule is CC1=C(C(=O)N2CCOCC2)[C@H](c2cccc([N+](=O)[O-])c2)C2=C(CC(C)(C)CC2=O)N1. The lowest BCUT2D eigenvalue weighted by Gasteiger charge is -2.40. The summed E-state index contributed by atoms with van der Waals surface area (Å²) in [6, 6.07) is 6.28. The van der Waals surface area contributed by atoms with E-state index >= 15 is 0 Å². The highest BCUT2D eigenvalue weighted by Gasteiger charge is 2.43. The Morgan fingerprint density at radius 2 is 1.97 bits per heavy atom. The van der Waals surface area contributed by atoms with E-state index in [0.717, 1.165) is 5.70 Å². The number of non-ortho nitro benzene ring substituents is 1. The van der Waals surface area contributed by atoms with Gasteiger partial charge in [-0.1, -0.05) is 26.0 Å². The monoisotopic (exact) mass is 425 g/mol. The summed E-state index contributed by atoms with van der Waals surface area (Å²) in [5.41, 5.74) is 2.88. The molecule has 164 valence electrons. The maximum Gasteiger partial charge on any atom is 0.269 e. The zero-order chi connectivity index (χ0) is 22.3. The van der Waals surface area contributed by atoms with E-state index in [1.807, 2.05) is 20.8 Å². The van der Waals surface area contributed by atoms with Gasteiger partial charge >= 0.3 is 0 Å². The van der Waals surface area contributed by atoms with E-state index in [9.17, 15) is 19.7 Å². The molecule has 0 radical (unpaired) electrons. The topological polar surface area (TPSA) is 102 Å². The average molecular weight is 425 g/mol. The molecule has 0 bridgehead atoms. The zero-order valence-corrected chi connectivity index (χ0v) is 18.1. The molecule has 1 fully saturated rings. The number of nitrogens with zero attached hydrogens (tertiary/aromatic N) is 2. The molecule has 1 aliphatic carbocycles. The Labute approximate surface area is 181 Å². The number of hydrogen-bond acceptors (Lipinski definition) is 6. The molecule has 0 unspecified atom stereocenters. The third-order valence-corrected chi connectivity index (χ3v) is 6.18. The quantitative estimate of drug-likeness (QED) is 0.590.